The number of hydrogen-bond acceptors (Lipinski definition) is 1. The Morgan fingerprint density at radius 3 is 2.27 bits per heavy atom. The highest BCUT2D eigenvalue weighted by atomic mass is 19.3. The van der Waals surface area contributed by atoms with Gasteiger partial charge in [0.1, 0.15) is 0 Å². The van der Waals surface area contributed by atoms with Gasteiger partial charge in [0.25, 0.3) is 0 Å². The van der Waals surface area contributed by atoms with Crippen LogP contribution in [-0.2, 0) is 0 Å². The van der Waals surface area contributed by atoms with Gasteiger partial charge in [-0.3, -0.25) is 0 Å². The smallest absolute Gasteiger partial charge is 0.387 e. The Morgan fingerprint density at radius 2 is 1.69 bits per heavy atom. The maximum Gasteiger partial charge on any atom is 0.387 e. The van der Waals surface area contributed by atoms with Gasteiger partial charge in [0.15, 0.2) is 17.4 Å². The summed E-state index contributed by atoms with van der Waals surface area (Å²) in [5, 5.41) is 0. The lowest BCUT2D eigenvalue weighted by Crippen LogP contribution is -2.14. The predicted octanol–water partition coefficient (Wildman–Crippen LogP) is 7.37. The van der Waals surface area contributed by atoms with E-state index in [-0.39, 0.29) is 5.92 Å². The Labute approximate surface area is 153 Å². The highest BCUT2D eigenvalue weighted by molar-refractivity contribution is 5.33. The van der Waals surface area contributed by atoms with Gasteiger partial charge in [0, 0.05) is 0 Å². The van der Waals surface area contributed by atoms with Gasteiger partial charge >= 0.3 is 6.61 Å². The first-order chi connectivity index (χ1) is 12.5. The van der Waals surface area contributed by atoms with Gasteiger partial charge in [-0.25, -0.2) is 8.78 Å². The van der Waals surface area contributed by atoms with Crippen LogP contribution in [0.3, 0.4) is 0 Å². The number of halogens is 4. The van der Waals surface area contributed by atoms with Crippen LogP contribution in [0.15, 0.2) is 24.3 Å². The number of allylic oxidation sites excluding steroid dienone is 2. The summed E-state index contributed by atoms with van der Waals surface area (Å²) in [6, 6.07) is 2.29. The lowest BCUT2D eigenvalue weighted by Gasteiger charge is -2.29. The molecule has 0 N–H and O–H groups in total. The molecular weight excluding hydrogens is 344 g/mol. The van der Waals surface area contributed by atoms with E-state index < -0.39 is 24.0 Å². The van der Waals surface area contributed by atoms with Gasteiger partial charge < -0.3 is 4.74 Å². The van der Waals surface area contributed by atoms with Crippen molar-refractivity contribution >= 4 is 0 Å². The zero-order chi connectivity index (χ0) is 18.9. The van der Waals surface area contributed by atoms with Gasteiger partial charge in [-0.2, -0.15) is 8.78 Å². The maximum absolute atomic E-state index is 13.9. The Hall–Kier alpha value is -1.52. The molecule has 1 aromatic carbocycles. The topological polar surface area (TPSA) is 9.23 Å². The van der Waals surface area contributed by atoms with E-state index in [2.05, 4.69) is 23.8 Å². The van der Waals surface area contributed by atoms with Gasteiger partial charge in [0.2, 0.25) is 0 Å². The predicted molar refractivity (Wildman–Crippen MR) is 95.6 cm³/mol. The zero-order valence-corrected chi connectivity index (χ0v) is 15.3. The third-order valence-corrected chi connectivity index (χ3v) is 5.18. The van der Waals surface area contributed by atoms with Crippen molar-refractivity contribution in [2.24, 2.45) is 5.92 Å². The molecule has 0 spiro atoms. The molecule has 5 heteroatoms. The summed E-state index contributed by atoms with van der Waals surface area (Å²) in [4.78, 5) is 0. The van der Waals surface area contributed by atoms with E-state index in [4.69, 9.17) is 0 Å². The van der Waals surface area contributed by atoms with Crippen LogP contribution in [0.25, 0.3) is 0 Å². The molecule has 1 aromatic rings. The minimum Gasteiger partial charge on any atom is -0.429 e. The van der Waals surface area contributed by atoms with Crippen LogP contribution in [0.5, 0.6) is 5.75 Å². The number of benzene rings is 1. The molecule has 0 aromatic heterocycles. The van der Waals surface area contributed by atoms with E-state index in [1.54, 1.807) is 0 Å². The summed E-state index contributed by atoms with van der Waals surface area (Å²) in [6.45, 7) is -1.11. The summed E-state index contributed by atoms with van der Waals surface area (Å²) in [6.07, 6.45) is 14.1. The summed E-state index contributed by atoms with van der Waals surface area (Å²) in [5.74, 6) is -2.33. The molecule has 1 aliphatic rings. The summed E-state index contributed by atoms with van der Waals surface area (Å²) in [7, 11) is 0. The lowest BCUT2D eigenvalue weighted by molar-refractivity contribution is -0.0546. The molecule has 1 aliphatic carbocycles. The molecule has 0 radical (unpaired) electrons. The molecule has 2 rings (SSSR count). The molecular formula is C21H28F4O. The van der Waals surface area contributed by atoms with E-state index in [9.17, 15) is 17.6 Å². The second-order valence-corrected chi connectivity index (χ2v) is 7.07. The van der Waals surface area contributed by atoms with Crippen LogP contribution in [0.2, 0.25) is 0 Å². The second-order valence-electron chi connectivity index (χ2n) is 7.07. The molecule has 0 unspecified atom stereocenters. The van der Waals surface area contributed by atoms with Crippen LogP contribution >= 0.6 is 0 Å². The van der Waals surface area contributed by atoms with Crippen molar-refractivity contribution in [3.63, 3.8) is 0 Å². The quantitative estimate of drug-likeness (QED) is 0.250. The molecule has 0 aliphatic heterocycles. The normalized spacial score (nSPS) is 20.8. The van der Waals surface area contributed by atoms with Crippen LogP contribution in [0.4, 0.5) is 17.6 Å². The third kappa shape index (κ3) is 6.33. The summed E-state index contributed by atoms with van der Waals surface area (Å²) >= 11 is 0. The SMILES string of the molecule is CC/C=C/CCCCC1CCC(c2cc(F)c(OC(F)F)c(F)c2)CC1. The van der Waals surface area contributed by atoms with E-state index in [1.165, 1.54) is 19.3 Å². The molecule has 1 saturated carbocycles. The first-order valence-electron chi connectivity index (χ1n) is 9.60. The maximum atomic E-state index is 13.9. The van der Waals surface area contributed by atoms with E-state index in [0.717, 1.165) is 50.7 Å². The van der Waals surface area contributed by atoms with Crippen LogP contribution < -0.4 is 4.74 Å². The van der Waals surface area contributed by atoms with Gasteiger partial charge in [-0.05, 0) is 74.5 Å². The fourth-order valence-electron chi connectivity index (χ4n) is 3.78. The Morgan fingerprint density at radius 1 is 1.04 bits per heavy atom. The lowest BCUT2D eigenvalue weighted by atomic mass is 9.77. The number of alkyl halides is 2. The average Bonchev–Trinajstić information content (AvgIpc) is 2.61. The average molecular weight is 372 g/mol. The van der Waals surface area contributed by atoms with E-state index in [1.807, 2.05) is 0 Å². The van der Waals surface area contributed by atoms with Crippen molar-refractivity contribution in [1.29, 1.82) is 0 Å². The van der Waals surface area contributed by atoms with Gasteiger partial charge in [0.05, 0.1) is 0 Å². The highest BCUT2D eigenvalue weighted by Crippen LogP contribution is 2.39. The first kappa shape index (κ1) is 20.8. The first-order valence-corrected chi connectivity index (χ1v) is 9.60. The molecule has 0 saturated heterocycles. The monoisotopic (exact) mass is 372 g/mol. The highest BCUT2D eigenvalue weighted by Gasteiger charge is 2.25. The number of unbranched alkanes of at least 4 members (excludes halogenated alkanes) is 2. The summed E-state index contributed by atoms with van der Waals surface area (Å²) in [5.41, 5.74) is 0.546. The minimum absolute atomic E-state index is 0.0864. The van der Waals surface area contributed by atoms with Gasteiger partial charge in [-0.1, -0.05) is 31.9 Å². The molecule has 146 valence electrons. The number of rotatable bonds is 9. The van der Waals surface area contributed by atoms with E-state index in [0.29, 0.717) is 11.5 Å². The van der Waals surface area contributed by atoms with Crippen molar-refractivity contribution < 1.29 is 22.3 Å². The molecule has 0 amide bonds. The molecule has 1 nitrogen and oxygen atoms in total. The fourth-order valence-corrected chi connectivity index (χ4v) is 3.78. The van der Waals surface area contributed by atoms with Crippen molar-refractivity contribution in [3.05, 3.63) is 41.5 Å². The Balaban J connectivity index is 1.81. The Kier molecular flexibility index (Phi) is 8.46. The molecule has 0 atom stereocenters. The van der Waals surface area contributed by atoms with Crippen LogP contribution in [0, 0.1) is 17.6 Å². The Bertz CT molecular complexity index is 554. The molecule has 26 heavy (non-hydrogen) atoms. The second kappa shape index (κ2) is 10.6. The fraction of sp³-hybridized carbons (Fsp3) is 0.619. The standard InChI is InChI=1S/C21H28F4O/c1-2-3-4-5-6-7-8-15-9-11-16(12-10-15)17-13-18(22)20(19(23)14-17)26-21(24)25/h3-4,13-16,21H,2,5-12H2,1H3/b4-3+. The molecule has 0 heterocycles. The van der Waals surface area contributed by atoms with Gasteiger partial charge in [-0.15, -0.1) is 0 Å². The number of hydrogen-bond donors (Lipinski definition) is 0. The third-order valence-electron chi connectivity index (χ3n) is 5.18. The molecule has 0 bridgehead atoms. The van der Waals surface area contributed by atoms with Crippen LogP contribution in [0.1, 0.15) is 76.2 Å². The number of ether oxygens (including phenoxy) is 1. The van der Waals surface area contributed by atoms with E-state index >= 15 is 0 Å². The van der Waals surface area contributed by atoms with Crippen molar-refractivity contribution in [3.8, 4) is 5.75 Å². The van der Waals surface area contributed by atoms with Crippen molar-refractivity contribution in [2.45, 2.75) is 77.2 Å². The minimum atomic E-state index is -3.24. The largest absolute Gasteiger partial charge is 0.429 e. The van der Waals surface area contributed by atoms with Crippen molar-refractivity contribution in [2.75, 3.05) is 0 Å². The summed E-state index contributed by atoms with van der Waals surface area (Å²) < 4.78 is 56.1. The molecule has 1 fully saturated rings. The van der Waals surface area contributed by atoms with Crippen LogP contribution in [-0.4, -0.2) is 6.61 Å². The zero-order valence-electron chi connectivity index (χ0n) is 15.3. The van der Waals surface area contributed by atoms with Crippen molar-refractivity contribution in [1.82, 2.24) is 0 Å².